The standard InChI is InChI=1S/C12H11F5N2O/c13-8-2-1-7(5-9(8)14)11-18-6-10(20)19(11)4-3-12(15,16)17/h1-2,5,11,18H,3-4,6H2. The van der Waals surface area contributed by atoms with E-state index in [1.165, 1.54) is 6.07 Å². The Hall–Kier alpha value is -1.70. The largest absolute Gasteiger partial charge is 0.390 e. The molecule has 0 bridgehead atoms. The third-order valence-corrected chi connectivity index (χ3v) is 2.97. The molecule has 8 heteroatoms. The molecule has 0 aliphatic carbocycles. The summed E-state index contributed by atoms with van der Waals surface area (Å²) >= 11 is 0. The van der Waals surface area contributed by atoms with Crippen molar-refractivity contribution < 1.29 is 26.7 Å². The fourth-order valence-corrected chi connectivity index (χ4v) is 2.02. The van der Waals surface area contributed by atoms with E-state index >= 15 is 0 Å². The number of hydrogen-bond acceptors (Lipinski definition) is 2. The molecule has 1 heterocycles. The highest BCUT2D eigenvalue weighted by molar-refractivity contribution is 5.80. The minimum Gasteiger partial charge on any atom is -0.321 e. The van der Waals surface area contributed by atoms with Crippen molar-refractivity contribution in [2.24, 2.45) is 0 Å². The van der Waals surface area contributed by atoms with Crippen LogP contribution in [0.25, 0.3) is 0 Å². The quantitative estimate of drug-likeness (QED) is 0.868. The Morgan fingerprint density at radius 1 is 1.25 bits per heavy atom. The average molecular weight is 294 g/mol. The maximum atomic E-state index is 13.1. The van der Waals surface area contributed by atoms with Gasteiger partial charge in [-0.25, -0.2) is 8.78 Å². The van der Waals surface area contributed by atoms with E-state index < -0.39 is 42.8 Å². The zero-order valence-electron chi connectivity index (χ0n) is 10.2. The lowest BCUT2D eigenvalue weighted by Crippen LogP contribution is -2.33. The summed E-state index contributed by atoms with van der Waals surface area (Å²) in [4.78, 5) is 12.5. The van der Waals surface area contributed by atoms with Crippen molar-refractivity contribution in [3.05, 3.63) is 35.4 Å². The first-order chi connectivity index (χ1) is 9.28. The third kappa shape index (κ3) is 3.24. The van der Waals surface area contributed by atoms with E-state index in [0.717, 1.165) is 17.0 Å². The van der Waals surface area contributed by atoms with Crippen LogP contribution in [0.1, 0.15) is 18.2 Å². The highest BCUT2D eigenvalue weighted by atomic mass is 19.4. The van der Waals surface area contributed by atoms with Crippen LogP contribution < -0.4 is 5.32 Å². The molecule has 1 aromatic carbocycles. The highest BCUT2D eigenvalue weighted by Gasteiger charge is 2.35. The number of carbonyl (C=O) groups excluding carboxylic acids is 1. The maximum Gasteiger partial charge on any atom is 0.390 e. The molecule has 1 aliphatic heterocycles. The van der Waals surface area contributed by atoms with Crippen molar-refractivity contribution in [3.63, 3.8) is 0 Å². The first-order valence-corrected chi connectivity index (χ1v) is 5.82. The number of amides is 1. The Morgan fingerprint density at radius 2 is 1.95 bits per heavy atom. The predicted octanol–water partition coefficient (Wildman–Crippen LogP) is 2.35. The van der Waals surface area contributed by atoms with E-state index in [1.807, 2.05) is 0 Å². The molecular weight excluding hydrogens is 283 g/mol. The van der Waals surface area contributed by atoms with Crippen molar-refractivity contribution in [2.75, 3.05) is 13.1 Å². The van der Waals surface area contributed by atoms with E-state index in [-0.39, 0.29) is 12.1 Å². The molecule has 0 radical (unpaired) electrons. The summed E-state index contributed by atoms with van der Waals surface area (Å²) in [7, 11) is 0. The summed E-state index contributed by atoms with van der Waals surface area (Å²) in [5, 5.41) is 2.68. The normalized spacial score (nSPS) is 19.8. The summed E-state index contributed by atoms with van der Waals surface area (Å²) in [5.74, 6) is -2.68. The van der Waals surface area contributed by atoms with Crippen molar-refractivity contribution in [3.8, 4) is 0 Å². The van der Waals surface area contributed by atoms with Gasteiger partial charge >= 0.3 is 6.18 Å². The number of nitrogens with one attached hydrogen (secondary N) is 1. The first kappa shape index (κ1) is 14.7. The predicted molar refractivity (Wildman–Crippen MR) is 59.5 cm³/mol. The topological polar surface area (TPSA) is 32.3 Å². The second kappa shape index (κ2) is 5.35. The Bertz CT molecular complexity index is 517. The molecule has 1 fully saturated rings. The molecule has 1 atom stereocenters. The van der Waals surface area contributed by atoms with Gasteiger partial charge in [0.05, 0.1) is 13.0 Å². The van der Waals surface area contributed by atoms with Gasteiger partial charge in [-0.2, -0.15) is 13.2 Å². The van der Waals surface area contributed by atoms with Crippen LogP contribution in [-0.2, 0) is 4.79 Å². The Morgan fingerprint density at radius 3 is 2.55 bits per heavy atom. The average Bonchev–Trinajstić information content (AvgIpc) is 2.71. The van der Waals surface area contributed by atoms with Crippen molar-refractivity contribution >= 4 is 5.91 Å². The summed E-state index contributed by atoms with van der Waals surface area (Å²) in [6.07, 6.45) is -6.41. The lowest BCUT2D eigenvalue weighted by atomic mass is 10.1. The van der Waals surface area contributed by atoms with Crippen molar-refractivity contribution in [1.29, 1.82) is 0 Å². The van der Waals surface area contributed by atoms with E-state index in [4.69, 9.17) is 0 Å². The van der Waals surface area contributed by atoms with Gasteiger partial charge in [0.25, 0.3) is 0 Å². The van der Waals surface area contributed by atoms with Gasteiger partial charge in [-0.05, 0) is 17.7 Å². The summed E-state index contributed by atoms with van der Waals surface area (Å²) < 4.78 is 62.6. The SMILES string of the molecule is O=C1CNC(c2ccc(F)c(F)c2)N1CCC(F)(F)F. The van der Waals surface area contributed by atoms with Gasteiger partial charge in [-0.1, -0.05) is 6.07 Å². The number of nitrogens with zero attached hydrogens (tertiary/aromatic N) is 1. The lowest BCUT2D eigenvalue weighted by molar-refractivity contribution is -0.144. The van der Waals surface area contributed by atoms with E-state index in [1.54, 1.807) is 0 Å². The van der Waals surface area contributed by atoms with Gasteiger partial charge in [0.15, 0.2) is 11.6 Å². The van der Waals surface area contributed by atoms with Crippen LogP contribution in [0.2, 0.25) is 0 Å². The van der Waals surface area contributed by atoms with Gasteiger partial charge in [0.1, 0.15) is 6.17 Å². The number of halogens is 5. The van der Waals surface area contributed by atoms with Crippen LogP contribution in [0.5, 0.6) is 0 Å². The number of hydrogen-bond donors (Lipinski definition) is 1. The highest BCUT2D eigenvalue weighted by Crippen LogP contribution is 2.27. The number of carbonyl (C=O) groups is 1. The number of benzene rings is 1. The lowest BCUT2D eigenvalue weighted by Gasteiger charge is -2.25. The van der Waals surface area contributed by atoms with Gasteiger partial charge in [0, 0.05) is 6.54 Å². The molecule has 0 spiro atoms. The molecule has 110 valence electrons. The molecule has 2 rings (SSSR count). The minimum absolute atomic E-state index is 0.137. The molecule has 0 saturated carbocycles. The first-order valence-electron chi connectivity index (χ1n) is 5.82. The van der Waals surface area contributed by atoms with E-state index in [9.17, 15) is 26.7 Å². The second-order valence-corrected chi connectivity index (χ2v) is 4.41. The van der Waals surface area contributed by atoms with Crippen LogP contribution in [0.3, 0.4) is 0 Å². The summed E-state index contributed by atoms with van der Waals surface area (Å²) in [6, 6.07) is 2.97. The number of alkyl halides is 3. The van der Waals surface area contributed by atoms with Crippen LogP contribution in [-0.4, -0.2) is 30.1 Å². The van der Waals surface area contributed by atoms with Crippen LogP contribution in [0.4, 0.5) is 22.0 Å². The molecule has 20 heavy (non-hydrogen) atoms. The monoisotopic (exact) mass is 294 g/mol. The maximum absolute atomic E-state index is 13.1. The fourth-order valence-electron chi connectivity index (χ4n) is 2.02. The molecule has 1 N–H and O–H groups in total. The zero-order valence-corrected chi connectivity index (χ0v) is 10.2. The van der Waals surface area contributed by atoms with Gasteiger partial charge in [-0.3, -0.25) is 10.1 Å². The van der Waals surface area contributed by atoms with Crippen LogP contribution in [0.15, 0.2) is 18.2 Å². The Balaban J connectivity index is 2.16. The Labute approximate surface area is 111 Å². The van der Waals surface area contributed by atoms with Crippen LogP contribution in [0, 0.1) is 11.6 Å². The van der Waals surface area contributed by atoms with Crippen LogP contribution >= 0.6 is 0 Å². The van der Waals surface area contributed by atoms with E-state index in [0.29, 0.717) is 0 Å². The molecule has 1 amide bonds. The Kier molecular flexibility index (Phi) is 3.94. The molecular formula is C12H11F5N2O. The summed E-state index contributed by atoms with van der Waals surface area (Å²) in [5.41, 5.74) is 0.205. The van der Waals surface area contributed by atoms with E-state index in [2.05, 4.69) is 5.32 Å². The summed E-state index contributed by atoms with van der Waals surface area (Å²) in [6.45, 7) is -0.666. The molecule has 1 saturated heterocycles. The molecule has 3 nitrogen and oxygen atoms in total. The van der Waals surface area contributed by atoms with Gasteiger partial charge in [-0.15, -0.1) is 0 Å². The zero-order chi connectivity index (χ0) is 14.9. The van der Waals surface area contributed by atoms with Gasteiger partial charge < -0.3 is 4.90 Å². The molecule has 1 aromatic rings. The third-order valence-electron chi connectivity index (χ3n) is 2.97. The second-order valence-electron chi connectivity index (χ2n) is 4.41. The smallest absolute Gasteiger partial charge is 0.321 e. The van der Waals surface area contributed by atoms with Crippen molar-refractivity contribution in [1.82, 2.24) is 10.2 Å². The van der Waals surface area contributed by atoms with Crippen molar-refractivity contribution in [2.45, 2.75) is 18.8 Å². The molecule has 0 aromatic heterocycles. The molecule has 1 unspecified atom stereocenters. The fraction of sp³-hybridized carbons (Fsp3) is 0.417. The van der Waals surface area contributed by atoms with Gasteiger partial charge in [0.2, 0.25) is 5.91 Å². The molecule has 1 aliphatic rings. The number of rotatable bonds is 3. The minimum atomic E-state index is -4.39.